The summed E-state index contributed by atoms with van der Waals surface area (Å²) in [6, 6.07) is 0. The van der Waals surface area contributed by atoms with E-state index in [9.17, 15) is 4.79 Å². The molecule has 0 aromatic heterocycles. The van der Waals surface area contributed by atoms with Gasteiger partial charge in [0.15, 0.2) is 0 Å². The average Bonchev–Trinajstić information content (AvgIpc) is 2.16. The molecule has 1 heteroatoms. The number of carbonyl (C=O) groups is 1. The van der Waals surface area contributed by atoms with Gasteiger partial charge >= 0.3 is 0 Å². The summed E-state index contributed by atoms with van der Waals surface area (Å²) in [5, 5.41) is 0. The Morgan fingerprint density at radius 1 is 1.14 bits per heavy atom. The summed E-state index contributed by atoms with van der Waals surface area (Å²) in [7, 11) is 0. The molecule has 0 N–H and O–H groups in total. The molecule has 0 saturated heterocycles. The number of carbonyl (C=O) groups excluding carboxylic acids is 1. The first kappa shape index (κ1) is 11.7. The van der Waals surface area contributed by atoms with Gasteiger partial charge in [-0.2, -0.15) is 0 Å². The minimum Gasteiger partial charge on any atom is -0.299 e. The Kier molecular flexibility index (Phi) is 4.15. The van der Waals surface area contributed by atoms with Crippen LogP contribution in [-0.4, -0.2) is 5.78 Å². The van der Waals surface area contributed by atoms with Gasteiger partial charge in [-0.25, -0.2) is 0 Å². The molecule has 1 rings (SSSR count). The molecule has 1 aliphatic carbocycles. The molecule has 0 bridgehead atoms. The quantitative estimate of drug-likeness (QED) is 0.673. The van der Waals surface area contributed by atoms with Crippen molar-refractivity contribution in [2.24, 2.45) is 23.7 Å². The molecule has 1 unspecified atom stereocenters. The largest absolute Gasteiger partial charge is 0.299 e. The highest BCUT2D eigenvalue weighted by molar-refractivity contribution is 5.82. The zero-order chi connectivity index (χ0) is 10.7. The molecule has 0 radical (unpaired) electrons. The van der Waals surface area contributed by atoms with Gasteiger partial charge in [0.1, 0.15) is 5.78 Å². The fraction of sp³-hybridized carbons (Fsp3) is 0.923. The number of hydrogen-bond donors (Lipinski definition) is 0. The summed E-state index contributed by atoms with van der Waals surface area (Å²) < 4.78 is 0. The normalized spacial score (nSPS) is 28.4. The second-order valence-corrected chi connectivity index (χ2v) is 5.42. The van der Waals surface area contributed by atoms with Gasteiger partial charge in [0.05, 0.1) is 0 Å². The van der Waals surface area contributed by atoms with Gasteiger partial charge in [-0.05, 0) is 24.7 Å². The van der Waals surface area contributed by atoms with Crippen LogP contribution in [0.4, 0.5) is 0 Å². The van der Waals surface area contributed by atoms with E-state index in [1.54, 1.807) is 0 Å². The third-order valence-electron chi connectivity index (χ3n) is 3.63. The SMILES string of the molecule is CC(C)C(=O)C1CCC[C@H](C(C)C)C1. The molecule has 0 aliphatic heterocycles. The van der Waals surface area contributed by atoms with Crippen LogP contribution in [0.15, 0.2) is 0 Å². The standard InChI is InChI=1S/C13H24O/c1-9(2)11-6-5-7-12(8-11)13(14)10(3)4/h9-12H,5-8H2,1-4H3/t11-,12?/m0/s1. The highest BCUT2D eigenvalue weighted by Gasteiger charge is 2.29. The van der Waals surface area contributed by atoms with Crippen molar-refractivity contribution in [2.45, 2.75) is 53.4 Å². The first-order valence-corrected chi connectivity index (χ1v) is 6.06. The van der Waals surface area contributed by atoms with Gasteiger partial charge in [-0.1, -0.05) is 40.5 Å². The smallest absolute Gasteiger partial charge is 0.138 e. The fourth-order valence-electron chi connectivity index (χ4n) is 2.56. The van der Waals surface area contributed by atoms with Gasteiger partial charge in [0, 0.05) is 11.8 Å². The van der Waals surface area contributed by atoms with E-state index in [4.69, 9.17) is 0 Å². The molecule has 0 spiro atoms. The Morgan fingerprint density at radius 3 is 2.29 bits per heavy atom. The van der Waals surface area contributed by atoms with E-state index in [-0.39, 0.29) is 5.92 Å². The van der Waals surface area contributed by atoms with Crippen LogP contribution < -0.4 is 0 Å². The molecule has 2 atom stereocenters. The van der Waals surface area contributed by atoms with Crippen LogP contribution in [0, 0.1) is 23.7 Å². The molecule has 14 heavy (non-hydrogen) atoms. The molecule has 0 heterocycles. The van der Waals surface area contributed by atoms with Crippen LogP contribution in [0.5, 0.6) is 0 Å². The van der Waals surface area contributed by atoms with E-state index in [1.165, 1.54) is 12.8 Å². The number of ketones is 1. The van der Waals surface area contributed by atoms with Crippen LogP contribution >= 0.6 is 0 Å². The average molecular weight is 196 g/mol. The topological polar surface area (TPSA) is 17.1 Å². The summed E-state index contributed by atoms with van der Waals surface area (Å²) in [5.41, 5.74) is 0. The summed E-state index contributed by atoms with van der Waals surface area (Å²) in [6.07, 6.45) is 4.88. The molecule has 0 aromatic rings. The predicted octanol–water partition coefficient (Wildman–Crippen LogP) is 3.67. The highest BCUT2D eigenvalue weighted by Crippen LogP contribution is 2.35. The Bertz CT molecular complexity index is 193. The minimum absolute atomic E-state index is 0.228. The summed E-state index contributed by atoms with van der Waals surface area (Å²) >= 11 is 0. The van der Waals surface area contributed by atoms with Gasteiger partial charge < -0.3 is 0 Å². The van der Waals surface area contributed by atoms with E-state index in [1.807, 2.05) is 13.8 Å². The number of rotatable bonds is 3. The van der Waals surface area contributed by atoms with Crippen LogP contribution in [0.25, 0.3) is 0 Å². The highest BCUT2D eigenvalue weighted by atomic mass is 16.1. The Labute approximate surface area is 88.3 Å². The van der Waals surface area contributed by atoms with E-state index in [0.29, 0.717) is 11.7 Å². The second kappa shape index (κ2) is 4.95. The Morgan fingerprint density at radius 2 is 1.79 bits per heavy atom. The van der Waals surface area contributed by atoms with Crippen LogP contribution in [0.1, 0.15) is 53.4 Å². The van der Waals surface area contributed by atoms with Crippen LogP contribution in [0.2, 0.25) is 0 Å². The monoisotopic (exact) mass is 196 g/mol. The van der Waals surface area contributed by atoms with Crippen molar-refractivity contribution >= 4 is 5.78 Å². The first-order valence-electron chi connectivity index (χ1n) is 6.06. The van der Waals surface area contributed by atoms with Crippen molar-refractivity contribution in [3.8, 4) is 0 Å². The van der Waals surface area contributed by atoms with Gasteiger partial charge in [-0.15, -0.1) is 0 Å². The van der Waals surface area contributed by atoms with Crippen LogP contribution in [-0.2, 0) is 4.79 Å². The van der Waals surface area contributed by atoms with E-state index in [0.717, 1.165) is 24.7 Å². The van der Waals surface area contributed by atoms with Crippen molar-refractivity contribution in [3.05, 3.63) is 0 Å². The van der Waals surface area contributed by atoms with Crippen molar-refractivity contribution in [1.29, 1.82) is 0 Å². The van der Waals surface area contributed by atoms with Gasteiger partial charge in [0.25, 0.3) is 0 Å². The number of Topliss-reactive ketones (excluding diaryl/α,β-unsaturated/α-hetero) is 1. The van der Waals surface area contributed by atoms with Gasteiger partial charge in [0.2, 0.25) is 0 Å². The lowest BCUT2D eigenvalue weighted by Crippen LogP contribution is -2.28. The van der Waals surface area contributed by atoms with Crippen molar-refractivity contribution in [3.63, 3.8) is 0 Å². The molecular weight excluding hydrogens is 172 g/mol. The molecule has 1 saturated carbocycles. The third-order valence-corrected chi connectivity index (χ3v) is 3.63. The molecule has 1 aliphatic rings. The Hall–Kier alpha value is -0.330. The number of hydrogen-bond acceptors (Lipinski definition) is 1. The molecular formula is C13H24O. The summed E-state index contributed by atoms with van der Waals surface area (Å²) in [5.74, 6) is 2.63. The van der Waals surface area contributed by atoms with E-state index < -0.39 is 0 Å². The molecule has 1 fully saturated rings. The van der Waals surface area contributed by atoms with Crippen molar-refractivity contribution in [2.75, 3.05) is 0 Å². The summed E-state index contributed by atoms with van der Waals surface area (Å²) in [6.45, 7) is 8.63. The van der Waals surface area contributed by atoms with Gasteiger partial charge in [-0.3, -0.25) is 4.79 Å². The third kappa shape index (κ3) is 2.83. The maximum absolute atomic E-state index is 11.9. The molecule has 82 valence electrons. The first-order chi connectivity index (χ1) is 6.52. The minimum atomic E-state index is 0.228. The maximum atomic E-state index is 11.9. The second-order valence-electron chi connectivity index (χ2n) is 5.42. The maximum Gasteiger partial charge on any atom is 0.138 e. The Balaban J connectivity index is 2.51. The summed E-state index contributed by atoms with van der Waals surface area (Å²) in [4.78, 5) is 11.9. The molecule has 0 aromatic carbocycles. The lowest BCUT2D eigenvalue weighted by atomic mass is 9.73. The molecule has 1 nitrogen and oxygen atoms in total. The lowest BCUT2D eigenvalue weighted by molar-refractivity contribution is -0.127. The van der Waals surface area contributed by atoms with Crippen molar-refractivity contribution in [1.82, 2.24) is 0 Å². The van der Waals surface area contributed by atoms with Crippen molar-refractivity contribution < 1.29 is 4.79 Å². The molecule has 0 amide bonds. The van der Waals surface area contributed by atoms with E-state index in [2.05, 4.69) is 13.8 Å². The van der Waals surface area contributed by atoms with E-state index >= 15 is 0 Å². The lowest BCUT2D eigenvalue weighted by Gasteiger charge is -2.31. The van der Waals surface area contributed by atoms with Crippen LogP contribution in [0.3, 0.4) is 0 Å². The zero-order valence-corrected chi connectivity index (χ0v) is 10.0. The zero-order valence-electron chi connectivity index (χ0n) is 10.0. The predicted molar refractivity (Wildman–Crippen MR) is 60.1 cm³/mol. The fourth-order valence-corrected chi connectivity index (χ4v) is 2.56.